The second-order valence-electron chi connectivity index (χ2n) is 7.59. The summed E-state index contributed by atoms with van der Waals surface area (Å²) < 4.78 is 19.9. The summed E-state index contributed by atoms with van der Waals surface area (Å²) in [6.45, 7) is 5.36. The number of aromatic amines is 1. The van der Waals surface area contributed by atoms with E-state index in [9.17, 15) is 9.18 Å². The third-order valence-electron chi connectivity index (χ3n) is 4.30. The van der Waals surface area contributed by atoms with Crippen LogP contribution in [0, 0.1) is 9.49 Å². The molecule has 0 bridgehead atoms. The maximum Gasteiger partial charge on any atom is 0.410 e. The van der Waals surface area contributed by atoms with Gasteiger partial charge in [0.1, 0.15) is 11.4 Å². The van der Waals surface area contributed by atoms with Crippen LogP contribution in [0.15, 0.2) is 30.5 Å². The van der Waals surface area contributed by atoms with Crippen LogP contribution >= 0.6 is 22.6 Å². The number of nitrogens with zero attached hydrogens (tertiary/aromatic N) is 2. The molecule has 26 heavy (non-hydrogen) atoms. The number of hydrogen-bond donors (Lipinski definition) is 1. The van der Waals surface area contributed by atoms with Crippen LogP contribution < -0.4 is 0 Å². The van der Waals surface area contributed by atoms with Crippen molar-refractivity contribution in [3.8, 4) is 11.3 Å². The zero-order valence-electron chi connectivity index (χ0n) is 15.1. The van der Waals surface area contributed by atoms with Crippen LogP contribution in [0.3, 0.4) is 0 Å². The SMILES string of the molecule is CC(C)(C)OC(=O)N1CC(CF)CC1c1ncc(-c2ccc(I)cc2)[nH]1. The highest BCUT2D eigenvalue weighted by atomic mass is 127. The van der Waals surface area contributed by atoms with Crippen LogP contribution in [0.2, 0.25) is 0 Å². The molecule has 1 amide bonds. The predicted molar refractivity (Wildman–Crippen MR) is 107 cm³/mol. The Bertz CT molecular complexity index is 770. The Kier molecular flexibility index (Phi) is 5.55. The van der Waals surface area contributed by atoms with Gasteiger partial charge in [0.05, 0.1) is 24.6 Å². The summed E-state index contributed by atoms with van der Waals surface area (Å²) in [6.07, 6.45) is 1.87. The first-order valence-corrected chi connectivity index (χ1v) is 9.71. The number of nitrogens with one attached hydrogen (secondary N) is 1. The van der Waals surface area contributed by atoms with Crippen molar-refractivity contribution in [2.45, 2.75) is 38.8 Å². The minimum atomic E-state index is -0.592. The third kappa shape index (κ3) is 4.36. The first kappa shape index (κ1) is 19.1. The Morgan fingerprint density at radius 3 is 2.69 bits per heavy atom. The predicted octanol–water partition coefficient (Wildman–Crippen LogP) is 4.95. The number of imidazole rings is 1. The highest BCUT2D eigenvalue weighted by Crippen LogP contribution is 2.36. The summed E-state index contributed by atoms with van der Waals surface area (Å²) in [6, 6.07) is 7.78. The lowest BCUT2D eigenvalue weighted by atomic mass is 10.1. The summed E-state index contributed by atoms with van der Waals surface area (Å²) in [5.41, 5.74) is 1.31. The van der Waals surface area contributed by atoms with Crippen molar-refractivity contribution in [2.24, 2.45) is 5.92 Å². The number of rotatable bonds is 3. The Balaban J connectivity index is 1.83. The van der Waals surface area contributed by atoms with Crippen LogP contribution in [-0.4, -0.2) is 39.8 Å². The Hall–Kier alpha value is -1.64. The van der Waals surface area contributed by atoms with Crippen molar-refractivity contribution < 1.29 is 13.9 Å². The van der Waals surface area contributed by atoms with E-state index in [1.165, 1.54) is 0 Å². The molecule has 0 spiro atoms. The van der Waals surface area contributed by atoms with Crippen molar-refractivity contribution >= 4 is 28.7 Å². The third-order valence-corrected chi connectivity index (χ3v) is 5.02. The van der Waals surface area contributed by atoms with Crippen molar-refractivity contribution in [1.29, 1.82) is 0 Å². The maximum atomic E-state index is 13.3. The van der Waals surface area contributed by atoms with Crippen LogP contribution in [0.5, 0.6) is 0 Å². The highest BCUT2D eigenvalue weighted by Gasteiger charge is 2.39. The van der Waals surface area contributed by atoms with Crippen LogP contribution in [0.4, 0.5) is 9.18 Å². The number of likely N-dealkylation sites (tertiary alicyclic amines) is 1. The summed E-state index contributed by atoms with van der Waals surface area (Å²) in [5, 5.41) is 0. The van der Waals surface area contributed by atoms with E-state index < -0.39 is 18.4 Å². The molecule has 5 nitrogen and oxygen atoms in total. The topological polar surface area (TPSA) is 58.2 Å². The molecule has 2 heterocycles. The Labute approximate surface area is 166 Å². The molecular weight excluding hydrogens is 448 g/mol. The normalized spacial score (nSPS) is 20.4. The summed E-state index contributed by atoms with van der Waals surface area (Å²) >= 11 is 2.26. The lowest BCUT2D eigenvalue weighted by molar-refractivity contribution is 0.0213. The minimum Gasteiger partial charge on any atom is -0.444 e. The van der Waals surface area contributed by atoms with Gasteiger partial charge in [-0.15, -0.1) is 0 Å². The summed E-state index contributed by atoms with van der Waals surface area (Å²) in [7, 11) is 0. The molecule has 0 aliphatic carbocycles. The van der Waals surface area contributed by atoms with Gasteiger partial charge in [-0.3, -0.25) is 9.29 Å². The minimum absolute atomic E-state index is 0.195. The quantitative estimate of drug-likeness (QED) is 0.645. The summed E-state index contributed by atoms with van der Waals surface area (Å²) in [4.78, 5) is 21.9. The first-order valence-electron chi connectivity index (χ1n) is 8.63. The molecule has 2 unspecified atom stereocenters. The Morgan fingerprint density at radius 2 is 2.08 bits per heavy atom. The molecule has 1 aromatic carbocycles. The van der Waals surface area contributed by atoms with E-state index in [0.29, 0.717) is 18.8 Å². The van der Waals surface area contributed by atoms with Crippen molar-refractivity contribution in [1.82, 2.24) is 14.9 Å². The number of amides is 1. The second kappa shape index (κ2) is 7.54. The molecule has 1 aromatic heterocycles. The molecule has 1 aliphatic heterocycles. The fraction of sp³-hybridized carbons (Fsp3) is 0.474. The van der Waals surface area contributed by atoms with Crippen LogP contribution in [0.1, 0.15) is 39.1 Å². The van der Waals surface area contributed by atoms with Crippen LogP contribution in [0.25, 0.3) is 11.3 Å². The maximum absolute atomic E-state index is 13.3. The number of carbonyl (C=O) groups is 1. The van der Waals surface area contributed by atoms with Gasteiger partial charge in [-0.1, -0.05) is 12.1 Å². The molecule has 1 N–H and O–H groups in total. The molecule has 1 fully saturated rings. The lowest BCUT2D eigenvalue weighted by Gasteiger charge is -2.27. The van der Waals surface area contributed by atoms with Crippen molar-refractivity contribution in [3.63, 3.8) is 0 Å². The fourth-order valence-corrected chi connectivity index (χ4v) is 3.46. The summed E-state index contributed by atoms with van der Waals surface area (Å²) in [5.74, 6) is 0.472. The van der Waals surface area contributed by atoms with Gasteiger partial charge >= 0.3 is 6.09 Å². The van der Waals surface area contributed by atoms with Crippen molar-refractivity contribution in [2.75, 3.05) is 13.2 Å². The number of hydrogen-bond acceptors (Lipinski definition) is 3. The van der Waals surface area contributed by atoms with Crippen molar-refractivity contribution in [3.05, 3.63) is 39.9 Å². The van der Waals surface area contributed by atoms with Gasteiger partial charge in [0, 0.05) is 16.0 Å². The number of carbonyl (C=O) groups excluding carboxylic acids is 1. The molecule has 3 rings (SSSR count). The van der Waals surface area contributed by atoms with Gasteiger partial charge in [-0.05, 0) is 67.5 Å². The van der Waals surface area contributed by atoms with Gasteiger partial charge in [-0.2, -0.15) is 0 Å². The van der Waals surface area contributed by atoms with E-state index >= 15 is 0 Å². The molecule has 0 saturated carbocycles. The molecule has 140 valence electrons. The molecule has 2 atom stereocenters. The lowest BCUT2D eigenvalue weighted by Crippen LogP contribution is -2.37. The molecule has 7 heteroatoms. The van der Waals surface area contributed by atoms with E-state index in [1.807, 2.05) is 45.0 Å². The standard InChI is InChI=1S/C19H23FIN3O2/c1-19(2,3)26-18(25)24-11-12(9-20)8-16(24)17-22-10-15(23-17)13-4-6-14(21)7-5-13/h4-7,10,12,16H,8-9,11H2,1-3H3,(H,22,23). The van der Waals surface area contributed by atoms with Gasteiger partial charge in [0.25, 0.3) is 0 Å². The molecular formula is C19H23FIN3O2. The zero-order chi connectivity index (χ0) is 18.9. The first-order chi connectivity index (χ1) is 12.3. The van der Waals surface area contributed by atoms with Gasteiger partial charge < -0.3 is 9.72 Å². The molecule has 0 radical (unpaired) electrons. The largest absolute Gasteiger partial charge is 0.444 e. The van der Waals surface area contributed by atoms with E-state index in [0.717, 1.165) is 14.8 Å². The highest BCUT2D eigenvalue weighted by molar-refractivity contribution is 14.1. The zero-order valence-corrected chi connectivity index (χ0v) is 17.3. The van der Waals surface area contributed by atoms with Gasteiger partial charge in [0.2, 0.25) is 0 Å². The van der Waals surface area contributed by atoms with E-state index in [1.54, 1.807) is 11.1 Å². The van der Waals surface area contributed by atoms with Gasteiger partial charge in [0.15, 0.2) is 0 Å². The number of alkyl halides is 1. The molecule has 2 aromatic rings. The van der Waals surface area contributed by atoms with E-state index in [2.05, 4.69) is 32.6 Å². The number of H-pyrrole nitrogens is 1. The number of benzene rings is 1. The monoisotopic (exact) mass is 471 g/mol. The molecule has 1 saturated heterocycles. The average molecular weight is 471 g/mol. The smallest absolute Gasteiger partial charge is 0.410 e. The molecule has 1 aliphatic rings. The number of aromatic nitrogens is 2. The fourth-order valence-electron chi connectivity index (χ4n) is 3.10. The second-order valence-corrected chi connectivity index (χ2v) is 8.84. The number of halogens is 2. The number of ether oxygens (including phenoxy) is 1. The average Bonchev–Trinajstić information content (AvgIpc) is 3.20. The van der Waals surface area contributed by atoms with Crippen LogP contribution in [-0.2, 0) is 4.74 Å². The van der Waals surface area contributed by atoms with E-state index in [-0.39, 0.29) is 12.0 Å². The van der Waals surface area contributed by atoms with E-state index in [4.69, 9.17) is 4.74 Å². The Morgan fingerprint density at radius 1 is 1.38 bits per heavy atom. The van der Waals surface area contributed by atoms with Gasteiger partial charge in [-0.25, -0.2) is 9.78 Å².